The summed E-state index contributed by atoms with van der Waals surface area (Å²) in [5, 5.41) is 9.11. The molecule has 0 atom stereocenters. The van der Waals surface area contributed by atoms with E-state index in [0.717, 1.165) is 0 Å². The van der Waals surface area contributed by atoms with E-state index in [1.807, 2.05) is 0 Å². The number of aromatic carboxylic acids is 1. The number of thiocarbonyl (C=S) groups is 1. The summed E-state index contributed by atoms with van der Waals surface area (Å²) in [5.41, 5.74) is 0.0988. The molecule has 0 fully saturated rings. The van der Waals surface area contributed by atoms with Crippen molar-refractivity contribution in [3.63, 3.8) is 0 Å². The first-order chi connectivity index (χ1) is 7.02. The van der Waals surface area contributed by atoms with E-state index < -0.39 is 5.97 Å². The number of nitrogens with zero attached hydrogens (tertiary/aromatic N) is 1. The van der Waals surface area contributed by atoms with Gasteiger partial charge in [-0.15, -0.1) is 0 Å². The number of hydrogen-bond donors (Lipinski definition) is 1. The van der Waals surface area contributed by atoms with Crippen LogP contribution in [0.1, 0.15) is 10.4 Å². The maximum absolute atomic E-state index is 10.8. The quantitative estimate of drug-likeness (QED) is 0.775. The van der Waals surface area contributed by atoms with Crippen LogP contribution in [0.5, 0.6) is 5.75 Å². The van der Waals surface area contributed by atoms with Gasteiger partial charge >= 0.3 is 5.97 Å². The lowest BCUT2D eigenvalue weighted by molar-refractivity contribution is 0.0694. The van der Waals surface area contributed by atoms with Crippen LogP contribution in [0.3, 0.4) is 0 Å². The van der Waals surface area contributed by atoms with Crippen LogP contribution in [0.2, 0.25) is 0 Å². The number of para-hydroxylation sites is 1. The zero-order valence-electron chi connectivity index (χ0n) is 8.43. The van der Waals surface area contributed by atoms with Gasteiger partial charge in [-0.05, 0) is 24.4 Å². The minimum Gasteiger partial charge on any atom is -0.478 e. The molecule has 0 aliphatic carbocycles. The van der Waals surface area contributed by atoms with Crippen LogP contribution >= 0.6 is 12.2 Å². The smallest absolute Gasteiger partial charge is 0.339 e. The van der Waals surface area contributed by atoms with Crippen LogP contribution in [-0.2, 0) is 0 Å². The molecule has 0 spiro atoms. The Morgan fingerprint density at radius 1 is 1.40 bits per heavy atom. The number of carboxylic acids is 1. The largest absolute Gasteiger partial charge is 0.478 e. The second-order valence-corrected chi connectivity index (χ2v) is 3.41. The first-order valence-corrected chi connectivity index (χ1v) is 4.64. The molecule has 1 aromatic carbocycles. The molecule has 0 amide bonds. The SMILES string of the molecule is CN(C)C(=S)Oc1ccccc1C(=O)O. The van der Waals surface area contributed by atoms with Crippen molar-refractivity contribution >= 4 is 23.4 Å². The lowest BCUT2D eigenvalue weighted by Gasteiger charge is -2.15. The van der Waals surface area contributed by atoms with Crippen molar-refractivity contribution in [3.8, 4) is 5.75 Å². The van der Waals surface area contributed by atoms with Crippen LogP contribution in [0, 0.1) is 0 Å². The molecule has 1 aromatic rings. The molecule has 0 heterocycles. The average Bonchev–Trinajstić information content (AvgIpc) is 2.18. The number of benzene rings is 1. The lowest BCUT2D eigenvalue weighted by atomic mass is 10.2. The molecule has 5 heteroatoms. The molecule has 0 aromatic heterocycles. The summed E-state index contributed by atoms with van der Waals surface area (Å²) in [7, 11) is 3.46. The van der Waals surface area contributed by atoms with Gasteiger partial charge in [0.25, 0.3) is 5.17 Å². The first-order valence-electron chi connectivity index (χ1n) is 4.24. The van der Waals surface area contributed by atoms with Gasteiger partial charge in [0.05, 0.1) is 0 Å². The highest BCUT2D eigenvalue weighted by molar-refractivity contribution is 7.80. The van der Waals surface area contributed by atoms with Crippen LogP contribution in [0.15, 0.2) is 24.3 Å². The van der Waals surface area contributed by atoms with Crippen molar-refractivity contribution in [2.75, 3.05) is 14.1 Å². The monoisotopic (exact) mass is 225 g/mol. The minimum atomic E-state index is -1.04. The number of hydrogen-bond acceptors (Lipinski definition) is 3. The molecule has 0 saturated heterocycles. The van der Waals surface area contributed by atoms with E-state index in [0.29, 0.717) is 0 Å². The third-order valence-corrected chi connectivity index (χ3v) is 2.13. The van der Waals surface area contributed by atoms with Crippen molar-refractivity contribution in [2.45, 2.75) is 0 Å². The van der Waals surface area contributed by atoms with Crippen LogP contribution in [0.4, 0.5) is 0 Å². The standard InChI is InChI=1S/C10H11NO3S/c1-11(2)10(15)14-8-6-4-3-5-7(8)9(12)13/h3-6H,1-2H3,(H,12,13). The molecule has 0 unspecified atom stereocenters. The fraction of sp³-hybridized carbons (Fsp3) is 0.200. The Bertz CT molecular complexity index is 390. The van der Waals surface area contributed by atoms with E-state index in [9.17, 15) is 4.79 Å². The molecule has 0 saturated carbocycles. The topological polar surface area (TPSA) is 49.8 Å². The highest BCUT2D eigenvalue weighted by Crippen LogP contribution is 2.18. The molecule has 1 rings (SSSR count). The highest BCUT2D eigenvalue weighted by atomic mass is 32.1. The summed E-state index contributed by atoms with van der Waals surface area (Å²) in [6, 6.07) is 6.37. The summed E-state index contributed by atoms with van der Waals surface area (Å²) in [6.45, 7) is 0. The zero-order valence-corrected chi connectivity index (χ0v) is 9.25. The fourth-order valence-electron chi connectivity index (χ4n) is 0.918. The predicted molar refractivity (Wildman–Crippen MR) is 60.3 cm³/mol. The van der Waals surface area contributed by atoms with Gasteiger partial charge in [-0.1, -0.05) is 12.1 Å². The number of rotatable bonds is 2. The Morgan fingerprint density at radius 3 is 2.53 bits per heavy atom. The van der Waals surface area contributed by atoms with Crippen molar-refractivity contribution in [2.24, 2.45) is 0 Å². The molecular formula is C10H11NO3S. The molecule has 1 N–H and O–H groups in total. The summed E-state index contributed by atoms with van der Waals surface area (Å²) < 4.78 is 5.24. The molecule has 80 valence electrons. The van der Waals surface area contributed by atoms with E-state index in [-0.39, 0.29) is 16.5 Å². The second kappa shape index (κ2) is 4.75. The molecule has 0 aliphatic rings. The van der Waals surface area contributed by atoms with Gasteiger partial charge in [-0.2, -0.15) is 0 Å². The first kappa shape index (κ1) is 11.5. The van der Waals surface area contributed by atoms with Gasteiger partial charge in [0, 0.05) is 14.1 Å². The van der Waals surface area contributed by atoms with E-state index >= 15 is 0 Å². The van der Waals surface area contributed by atoms with Crippen molar-refractivity contribution in [1.29, 1.82) is 0 Å². The Kier molecular flexibility index (Phi) is 3.62. The Hall–Kier alpha value is -1.62. The fourth-order valence-corrected chi connectivity index (χ4v) is 1.01. The number of ether oxygens (including phenoxy) is 1. The van der Waals surface area contributed by atoms with Crippen molar-refractivity contribution < 1.29 is 14.6 Å². The molecule has 0 aliphatic heterocycles. The second-order valence-electron chi connectivity index (χ2n) is 3.06. The lowest BCUT2D eigenvalue weighted by Crippen LogP contribution is -2.25. The predicted octanol–water partition coefficient (Wildman–Crippen LogP) is 1.61. The van der Waals surface area contributed by atoms with E-state index in [1.165, 1.54) is 6.07 Å². The number of carboxylic acid groups (broad SMARTS) is 1. The highest BCUT2D eigenvalue weighted by Gasteiger charge is 2.12. The number of carbonyl (C=O) groups is 1. The summed E-state index contributed by atoms with van der Waals surface area (Å²) >= 11 is 4.92. The Morgan fingerprint density at radius 2 is 2.00 bits per heavy atom. The van der Waals surface area contributed by atoms with E-state index in [1.54, 1.807) is 37.2 Å². The van der Waals surface area contributed by atoms with E-state index in [4.69, 9.17) is 22.1 Å². The zero-order chi connectivity index (χ0) is 11.4. The maximum Gasteiger partial charge on any atom is 0.339 e. The normalized spacial score (nSPS) is 9.47. The molecule has 4 nitrogen and oxygen atoms in total. The molecule has 0 bridgehead atoms. The van der Waals surface area contributed by atoms with Gasteiger partial charge in [-0.25, -0.2) is 4.79 Å². The van der Waals surface area contributed by atoms with Gasteiger partial charge in [-0.3, -0.25) is 0 Å². The van der Waals surface area contributed by atoms with Gasteiger partial charge < -0.3 is 14.7 Å². The van der Waals surface area contributed by atoms with Crippen molar-refractivity contribution in [3.05, 3.63) is 29.8 Å². The average molecular weight is 225 g/mol. The van der Waals surface area contributed by atoms with Gasteiger partial charge in [0.2, 0.25) is 0 Å². The van der Waals surface area contributed by atoms with Crippen LogP contribution in [-0.4, -0.2) is 35.2 Å². The van der Waals surface area contributed by atoms with E-state index in [2.05, 4.69) is 0 Å². The third-order valence-electron chi connectivity index (χ3n) is 1.68. The van der Waals surface area contributed by atoms with Gasteiger partial charge in [0.15, 0.2) is 0 Å². The summed E-state index contributed by atoms with van der Waals surface area (Å²) in [6.07, 6.45) is 0. The molecule has 15 heavy (non-hydrogen) atoms. The Balaban J connectivity index is 2.94. The van der Waals surface area contributed by atoms with Gasteiger partial charge in [0.1, 0.15) is 11.3 Å². The minimum absolute atomic E-state index is 0.0988. The van der Waals surface area contributed by atoms with Crippen LogP contribution < -0.4 is 4.74 Å². The molecule has 0 radical (unpaired) electrons. The van der Waals surface area contributed by atoms with Crippen LogP contribution in [0.25, 0.3) is 0 Å². The van der Waals surface area contributed by atoms with Crippen molar-refractivity contribution in [1.82, 2.24) is 4.90 Å². The molecular weight excluding hydrogens is 214 g/mol. The summed E-state index contributed by atoms with van der Waals surface area (Å²) in [4.78, 5) is 12.4. The third kappa shape index (κ3) is 2.92. The maximum atomic E-state index is 10.8. The summed E-state index contributed by atoms with van der Waals surface area (Å²) in [5.74, 6) is -0.782. The Labute approximate surface area is 93.1 Å².